The molecule has 1 unspecified atom stereocenters. The molecule has 0 saturated carbocycles. The summed E-state index contributed by atoms with van der Waals surface area (Å²) in [7, 11) is 1.43. The molecule has 6 nitrogen and oxygen atoms in total. The molecular weight excluding hydrogens is 402 g/mol. The van der Waals surface area contributed by atoms with Crippen molar-refractivity contribution in [3.05, 3.63) is 67.5 Å². The van der Waals surface area contributed by atoms with Crippen LogP contribution in [-0.2, 0) is 0 Å². The highest BCUT2D eigenvalue weighted by Crippen LogP contribution is 2.40. The summed E-state index contributed by atoms with van der Waals surface area (Å²) in [5.74, 6) is -0.257. The zero-order chi connectivity index (χ0) is 18.6. The van der Waals surface area contributed by atoms with Crippen LogP contribution in [0.5, 0.6) is 11.5 Å². The van der Waals surface area contributed by atoms with Gasteiger partial charge in [0, 0.05) is 0 Å². The lowest BCUT2D eigenvalue weighted by molar-refractivity contribution is 0.0938. The van der Waals surface area contributed by atoms with Crippen molar-refractivity contribution < 1.29 is 19.1 Å². The molecule has 0 aliphatic carbocycles. The van der Waals surface area contributed by atoms with Crippen LogP contribution in [-0.4, -0.2) is 18.1 Å². The first-order chi connectivity index (χ1) is 12.4. The van der Waals surface area contributed by atoms with E-state index in [-0.39, 0.29) is 28.3 Å². The number of aryl methyl sites for hydroxylation is 1. The molecule has 1 amide bonds. The summed E-state index contributed by atoms with van der Waals surface area (Å²) in [5, 5.41) is 13.2. The number of ether oxygens (including phenoxy) is 1. The van der Waals surface area contributed by atoms with Crippen LogP contribution in [0.3, 0.4) is 0 Å². The number of hydrogen-bond acceptors (Lipinski definition) is 5. The highest BCUT2D eigenvalue weighted by molar-refractivity contribution is 9.10. The smallest absolute Gasteiger partial charge is 0.288 e. The highest BCUT2D eigenvalue weighted by atomic mass is 79.9. The van der Waals surface area contributed by atoms with Gasteiger partial charge >= 0.3 is 0 Å². The van der Waals surface area contributed by atoms with Gasteiger partial charge in [-0.1, -0.05) is 11.6 Å². The Hall–Kier alpha value is -2.80. The summed E-state index contributed by atoms with van der Waals surface area (Å²) in [6.07, 6.45) is 0. The molecule has 0 bridgehead atoms. The van der Waals surface area contributed by atoms with E-state index in [1.54, 1.807) is 24.3 Å². The second-order valence-corrected chi connectivity index (χ2v) is 6.99. The van der Waals surface area contributed by atoms with E-state index in [9.17, 15) is 14.7 Å². The number of halogens is 1. The Morgan fingerprint density at radius 1 is 1.23 bits per heavy atom. The number of amides is 1. The average Bonchev–Trinajstić information content (AvgIpc) is 2.95. The maximum absolute atomic E-state index is 13.1. The number of rotatable bonds is 2. The fraction of sp³-hybridized carbons (Fsp3) is 0.158. The van der Waals surface area contributed by atoms with Crippen LogP contribution in [0.25, 0.3) is 11.0 Å². The number of aromatic hydroxyl groups is 1. The van der Waals surface area contributed by atoms with Crippen LogP contribution >= 0.6 is 15.9 Å². The Balaban J connectivity index is 1.98. The third-order valence-corrected chi connectivity index (χ3v) is 5.06. The van der Waals surface area contributed by atoms with Crippen LogP contribution in [0.1, 0.15) is 33.3 Å². The van der Waals surface area contributed by atoms with Crippen LogP contribution in [0, 0.1) is 6.92 Å². The van der Waals surface area contributed by atoms with Gasteiger partial charge in [-0.3, -0.25) is 9.59 Å². The van der Waals surface area contributed by atoms with E-state index in [0.29, 0.717) is 21.0 Å². The fourth-order valence-corrected chi connectivity index (χ4v) is 3.65. The molecule has 3 aromatic rings. The summed E-state index contributed by atoms with van der Waals surface area (Å²) in [4.78, 5) is 25.4. The summed E-state index contributed by atoms with van der Waals surface area (Å²) >= 11 is 3.26. The zero-order valence-electron chi connectivity index (χ0n) is 13.9. The van der Waals surface area contributed by atoms with Gasteiger partial charge in [-0.25, -0.2) is 0 Å². The first-order valence-electron chi connectivity index (χ1n) is 7.85. The van der Waals surface area contributed by atoms with Crippen LogP contribution in [0.15, 0.2) is 44.0 Å². The first kappa shape index (κ1) is 16.7. The maximum atomic E-state index is 13.1. The molecule has 0 radical (unpaired) electrons. The summed E-state index contributed by atoms with van der Waals surface area (Å²) < 4.78 is 11.3. The van der Waals surface area contributed by atoms with Crippen molar-refractivity contribution >= 4 is 32.8 Å². The second kappa shape index (κ2) is 5.88. The van der Waals surface area contributed by atoms with E-state index in [2.05, 4.69) is 21.2 Å². The largest absolute Gasteiger partial charge is 0.503 e. The SMILES string of the molecule is COc1cc(C2NC(=O)c3oc4ccc(C)cc4c(=O)c32)cc(Br)c1O. The number of carbonyl (C=O) groups is 1. The topological polar surface area (TPSA) is 88.8 Å². The van der Waals surface area contributed by atoms with Gasteiger partial charge in [-0.2, -0.15) is 0 Å². The number of methoxy groups -OCH3 is 1. The molecule has 1 aliphatic rings. The Morgan fingerprint density at radius 2 is 2.00 bits per heavy atom. The number of benzene rings is 2. The van der Waals surface area contributed by atoms with E-state index in [1.807, 2.05) is 13.0 Å². The number of phenolic OH excluding ortho intramolecular Hbond substituents is 1. The van der Waals surface area contributed by atoms with Gasteiger partial charge in [0.25, 0.3) is 5.91 Å². The molecule has 2 N–H and O–H groups in total. The van der Waals surface area contributed by atoms with Gasteiger partial charge in [0.05, 0.1) is 28.6 Å². The van der Waals surface area contributed by atoms with Gasteiger partial charge in [0.15, 0.2) is 16.9 Å². The van der Waals surface area contributed by atoms with Crippen LogP contribution < -0.4 is 15.5 Å². The lowest BCUT2D eigenvalue weighted by atomic mass is 9.98. The van der Waals surface area contributed by atoms with Gasteiger partial charge in [-0.15, -0.1) is 0 Å². The molecule has 0 saturated heterocycles. The Labute approximate surface area is 156 Å². The van der Waals surface area contributed by atoms with E-state index >= 15 is 0 Å². The zero-order valence-corrected chi connectivity index (χ0v) is 15.5. The predicted molar refractivity (Wildman–Crippen MR) is 98.9 cm³/mol. The number of phenols is 1. The minimum atomic E-state index is -0.690. The minimum absolute atomic E-state index is 0.0134. The molecule has 7 heteroatoms. The normalized spacial score (nSPS) is 15.8. The molecule has 1 aliphatic heterocycles. The third-order valence-electron chi connectivity index (χ3n) is 4.46. The quantitative estimate of drug-likeness (QED) is 0.669. The standard InChI is InChI=1S/C19H14BrNO5/c1-8-3-4-12-10(5-8)16(22)14-15(21-19(24)18(14)26-12)9-6-11(20)17(23)13(7-9)25-2/h3-7,15,23H,1-2H3,(H,21,24). The molecule has 1 atom stereocenters. The first-order valence-corrected chi connectivity index (χ1v) is 8.64. The van der Waals surface area contributed by atoms with Gasteiger partial charge < -0.3 is 19.6 Å². The maximum Gasteiger partial charge on any atom is 0.288 e. The second-order valence-electron chi connectivity index (χ2n) is 6.13. The van der Waals surface area contributed by atoms with Crippen molar-refractivity contribution in [3.8, 4) is 11.5 Å². The number of carbonyl (C=O) groups excluding carboxylic acids is 1. The summed E-state index contributed by atoms with van der Waals surface area (Å²) in [5.41, 5.74) is 1.90. The summed E-state index contributed by atoms with van der Waals surface area (Å²) in [6.45, 7) is 1.88. The molecule has 2 heterocycles. The Bertz CT molecular complexity index is 1130. The molecular formula is C19H14BrNO5. The average molecular weight is 416 g/mol. The van der Waals surface area contributed by atoms with E-state index in [4.69, 9.17) is 9.15 Å². The van der Waals surface area contributed by atoms with Crippen molar-refractivity contribution in [2.75, 3.05) is 7.11 Å². The number of hydrogen-bond donors (Lipinski definition) is 2. The predicted octanol–water partition coefficient (Wildman–Crippen LogP) is 3.41. The molecule has 26 heavy (non-hydrogen) atoms. The van der Waals surface area contributed by atoms with E-state index in [1.165, 1.54) is 7.11 Å². The molecule has 2 aromatic carbocycles. The number of nitrogens with one attached hydrogen (secondary N) is 1. The van der Waals surface area contributed by atoms with Crippen LogP contribution in [0.4, 0.5) is 0 Å². The minimum Gasteiger partial charge on any atom is -0.503 e. The summed E-state index contributed by atoms with van der Waals surface area (Å²) in [6, 6.07) is 7.79. The molecule has 0 spiro atoms. The van der Waals surface area contributed by atoms with Gasteiger partial charge in [0.2, 0.25) is 5.76 Å². The lowest BCUT2D eigenvalue weighted by Gasteiger charge is -2.15. The van der Waals surface area contributed by atoms with E-state index < -0.39 is 11.9 Å². The van der Waals surface area contributed by atoms with Crippen LogP contribution in [0.2, 0.25) is 0 Å². The lowest BCUT2D eigenvalue weighted by Crippen LogP contribution is -2.22. The van der Waals surface area contributed by atoms with Crippen molar-refractivity contribution in [3.63, 3.8) is 0 Å². The fourth-order valence-electron chi connectivity index (χ4n) is 3.19. The van der Waals surface area contributed by atoms with Crippen molar-refractivity contribution in [1.82, 2.24) is 5.32 Å². The monoisotopic (exact) mass is 415 g/mol. The highest BCUT2D eigenvalue weighted by Gasteiger charge is 2.36. The molecule has 132 valence electrons. The Kier molecular flexibility index (Phi) is 3.77. The number of fused-ring (bicyclic) bond motifs is 2. The van der Waals surface area contributed by atoms with Crippen molar-refractivity contribution in [1.29, 1.82) is 0 Å². The van der Waals surface area contributed by atoms with Crippen molar-refractivity contribution in [2.24, 2.45) is 0 Å². The third kappa shape index (κ3) is 2.39. The van der Waals surface area contributed by atoms with Crippen molar-refractivity contribution in [2.45, 2.75) is 13.0 Å². The van der Waals surface area contributed by atoms with Gasteiger partial charge in [-0.05, 0) is 52.7 Å². The van der Waals surface area contributed by atoms with Gasteiger partial charge in [0.1, 0.15) is 5.58 Å². The molecule has 4 rings (SSSR count). The Morgan fingerprint density at radius 3 is 2.73 bits per heavy atom. The van der Waals surface area contributed by atoms with E-state index in [0.717, 1.165) is 5.56 Å². The molecule has 0 fully saturated rings. The molecule has 1 aromatic heterocycles.